The number of amides is 1. The molecule has 0 saturated heterocycles. The molecule has 3 nitrogen and oxygen atoms in total. The Bertz CT molecular complexity index is 387. The minimum atomic E-state index is 0.00711. The van der Waals surface area contributed by atoms with E-state index in [1.807, 2.05) is 29.2 Å². The van der Waals surface area contributed by atoms with Gasteiger partial charge in [0.25, 0.3) is 0 Å². The molecule has 1 aromatic rings. The second-order valence-electron chi connectivity index (χ2n) is 4.04. The van der Waals surface area contributed by atoms with Crippen molar-refractivity contribution in [3.05, 3.63) is 61.2 Å². The van der Waals surface area contributed by atoms with Crippen LogP contribution in [0.15, 0.2) is 55.6 Å². The lowest BCUT2D eigenvalue weighted by atomic mass is 10.2. The van der Waals surface area contributed by atoms with Crippen LogP contribution in [0.4, 0.5) is 0 Å². The van der Waals surface area contributed by atoms with Crippen LogP contribution in [0.1, 0.15) is 5.56 Å². The first kappa shape index (κ1) is 14.2. The second kappa shape index (κ2) is 8.25. The molecule has 0 heterocycles. The molecule has 0 aromatic heterocycles. The molecular weight excluding hydrogens is 224 g/mol. The first-order valence-electron chi connectivity index (χ1n) is 6.01. The zero-order valence-corrected chi connectivity index (χ0v) is 10.6. The summed E-state index contributed by atoms with van der Waals surface area (Å²) in [6.07, 6.45) is 3.48. The zero-order valence-electron chi connectivity index (χ0n) is 10.6. The molecule has 1 aromatic carbocycles. The van der Waals surface area contributed by atoms with Gasteiger partial charge in [0.05, 0.1) is 6.54 Å². The predicted octanol–water partition coefficient (Wildman–Crippen LogP) is 1.98. The first-order chi connectivity index (χ1) is 8.76. The fraction of sp³-hybridized carbons (Fsp3) is 0.267. The summed E-state index contributed by atoms with van der Waals surface area (Å²) in [5.74, 6) is 0.00711. The van der Waals surface area contributed by atoms with E-state index in [4.69, 9.17) is 0 Å². The predicted molar refractivity (Wildman–Crippen MR) is 75.1 cm³/mol. The number of hydrogen-bond acceptors (Lipinski definition) is 2. The minimum absolute atomic E-state index is 0.00711. The van der Waals surface area contributed by atoms with Crippen molar-refractivity contribution >= 4 is 5.91 Å². The molecule has 0 atom stereocenters. The molecule has 0 fully saturated rings. The maximum Gasteiger partial charge on any atom is 0.234 e. The number of hydrogen-bond donors (Lipinski definition) is 1. The highest BCUT2D eigenvalue weighted by molar-refractivity contribution is 5.78. The van der Waals surface area contributed by atoms with Crippen LogP contribution in [0, 0.1) is 0 Å². The van der Waals surface area contributed by atoms with Crippen LogP contribution in [0.5, 0.6) is 0 Å². The van der Waals surface area contributed by atoms with Crippen molar-refractivity contribution in [1.29, 1.82) is 0 Å². The molecule has 0 bridgehead atoms. The molecule has 0 aliphatic carbocycles. The van der Waals surface area contributed by atoms with Gasteiger partial charge in [-0.3, -0.25) is 9.69 Å². The van der Waals surface area contributed by atoms with Gasteiger partial charge < -0.3 is 5.32 Å². The summed E-state index contributed by atoms with van der Waals surface area (Å²) in [6, 6.07) is 10.1. The van der Waals surface area contributed by atoms with Crippen LogP contribution >= 0.6 is 0 Å². The third-order valence-electron chi connectivity index (χ3n) is 2.45. The van der Waals surface area contributed by atoms with E-state index in [-0.39, 0.29) is 5.91 Å². The van der Waals surface area contributed by atoms with Gasteiger partial charge in [-0.1, -0.05) is 42.5 Å². The molecule has 0 saturated carbocycles. The van der Waals surface area contributed by atoms with Crippen molar-refractivity contribution in [1.82, 2.24) is 10.2 Å². The Hall–Kier alpha value is -1.87. The van der Waals surface area contributed by atoms with Crippen LogP contribution in [0.3, 0.4) is 0 Å². The van der Waals surface area contributed by atoms with Gasteiger partial charge in [0.2, 0.25) is 5.91 Å². The van der Waals surface area contributed by atoms with Gasteiger partial charge in [-0.15, -0.1) is 13.2 Å². The Morgan fingerprint density at radius 1 is 1.22 bits per heavy atom. The van der Waals surface area contributed by atoms with Crippen molar-refractivity contribution in [3.63, 3.8) is 0 Å². The van der Waals surface area contributed by atoms with Crippen molar-refractivity contribution in [3.8, 4) is 0 Å². The molecule has 1 amide bonds. The maximum atomic E-state index is 11.6. The van der Waals surface area contributed by atoms with Crippen molar-refractivity contribution < 1.29 is 4.79 Å². The average Bonchev–Trinajstić information content (AvgIpc) is 2.38. The smallest absolute Gasteiger partial charge is 0.234 e. The Kier molecular flexibility index (Phi) is 6.51. The first-order valence-corrected chi connectivity index (χ1v) is 6.01. The summed E-state index contributed by atoms with van der Waals surface area (Å²) in [5.41, 5.74) is 1.19. The summed E-state index contributed by atoms with van der Waals surface area (Å²) in [4.78, 5) is 13.7. The standard InChI is InChI=1S/C15H20N2O/c1-3-10-16-15(18)13-17(11-4-2)12-14-8-6-5-7-9-14/h3-9H,1-2,10-13H2,(H,16,18). The zero-order chi connectivity index (χ0) is 13.2. The lowest BCUT2D eigenvalue weighted by Crippen LogP contribution is -2.37. The summed E-state index contributed by atoms with van der Waals surface area (Å²) in [6.45, 7) is 9.60. The quantitative estimate of drug-likeness (QED) is 0.709. The number of rotatable bonds is 8. The molecule has 0 unspecified atom stereocenters. The normalized spacial score (nSPS) is 10.1. The Morgan fingerprint density at radius 2 is 1.94 bits per heavy atom. The SMILES string of the molecule is C=CCNC(=O)CN(CC=C)Cc1ccccc1. The highest BCUT2D eigenvalue weighted by Gasteiger charge is 2.09. The minimum Gasteiger partial charge on any atom is -0.352 e. The number of nitrogens with one attached hydrogen (secondary N) is 1. The lowest BCUT2D eigenvalue weighted by molar-refractivity contribution is -0.122. The number of nitrogens with zero attached hydrogens (tertiary/aromatic N) is 1. The van der Waals surface area contributed by atoms with Crippen molar-refractivity contribution in [2.24, 2.45) is 0 Å². The summed E-state index contributed by atoms with van der Waals surface area (Å²) in [5, 5.41) is 2.77. The lowest BCUT2D eigenvalue weighted by Gasteiger charge is -2.20. The molecule has 1 N–H and O–H groups in total. The van der Waals surface area contributed by atoms with Crippen LogP contribution in [0.25, 0.3) is 0 Å². The van der Waals surface area contributed by atoms with Gasteiger partial charge in [-0.2, -0.15) is 0 Å². The molecular formula is C15H20N2O. The Balaban J connectivity index is 2.51. The average molecular weight is 244 g/mol. The molecule has 0 aliphatic heterocycles. The Labute approximate surface area is 109 Å². The highest BCUT2D eigenvalue weighted by Crippen LogP contribution is 2.03. The summed E-state index contributed by atoms with van der Waals surface area (Å²) in [7, 11) is 0. The third-order valence-corrected chi connectivity index (χ3v) is 2.45. The Morgan fingerprint density at radius 3 is 2.56 bits per heavy atom. The van der Waals surface area contributed by atoms with Gasteiger partial charge in [-0.25, -0.2) is 0 Å². The molecule has 0 aliphatic rings. The van der Waals surface area contributed by atoms with E-state index in [0.717, 1.165) is 6.54 Å². The van der Waals surface area contributed by atoms with E-state index in [1.165, 1.54) is 5.56 Å². The maximum absolute atomic E-state index is 11.6. The molecule has 1 rings (SSSR count). The van der Waals surface area contributed by atoms with E-state index in [1.54, 1.807) is 6.08 Å². The monoisotopic (exact) mass is 244 g/mol. The topological polar surface area (TPSA) is 32.3 Å². The van der Waals surface area contributed by atoms with Gasteiger partial charge in [0, 0.05) is 19.6 Å². The molecule has 96 valence electrons. The van der Waals surface area contributed by atoms with E-state index in [9.17, 15) is 4.79 Å². The number of carbonyl (C=O) groups excluding carboxylic acids is 1. The highest BCUT2D eigenvalue weighted by atomic mass is 16.2. The third kappa shape index (κ3) is 5.46. The van der Waals surface area contributed by atoms with E-state index in [0.29, 0.717) is 19.6 Å². The molecule has 0 spiro atoms. The van der Waals surface area contributed by atoms with E-state index >= 15 is 0 Å². The van der Waals surface area contributed by atoms with Gasteiger partial charge in [0.15, 0.2) is 0 Å². The van der Waals surface area contributed by atoms with E-state index < -0.39 is 0 Å². The van der Waals surface area contributed by atoms with Gasteiger partial charge >= 0.3 is 0 Å². The van der Waals surface area contributed by atoms with Crippen LogP contribution < -0.4 is 5.32 Å². The van der Waals surface area contributed by atoms with Crippen molar-refractivity contribution in [2.45, 2.75) is 6.54 Å². The van der Waals surface area contributed by atoms with Crippen LogP contribution in [0.2, 0.25) is 0 Å². The molecule has 3 heteroatoms. The second-order valence-corrected chi connectivity index (χ2v) is 4.04. The van der Waals surface area contributed by atoms with Crippen molar-refractivity contribution in [2.75, 3.05) is 19.6 Å². The van der Waals surface area contributed by atoms with Crippen LogP contribution in [-0.2, 0) is 11.3 Å². The summed E-state index contributed by atoms with van der Waals surface area (Å²) >= 11 is 0. The number of carbonyl (C=O) groups is 1. The molecule has 0 radical (unpaired) electrons. The molecule has 18 heavy (non-hydrogen) atoms. The fourth-order valence-electron chi connectivity index (χ4n) is 1.65. The van der Waals surface area contributed by atoms with Gasteiger partial charge in [-0.05, 0) is 5.56 Å². The largest absolute Gasteiger partial charge is 0.352 e. The number of benzene rings is 1. The summed E-state index contributed by atoms with van der Waals surface area (Å²) < 4.78 is 0. The van der Waals surface area contributed by atoms with E-state index in [2.05, 4.69) is 30.6 Å². The van der Waals surface area contributed by atoms with Crippen LogP contribution in [-0.4, -0.2) is 30.4 Å². The fourth-order valence-corrected chi connectivity index (χ4v) is 1.65. The van der Waals surface area contributed by atoms with Gasteiger partial charge in [0.1, 0.15) is 0 Å².